The molecule has 0 bridgehead atoms. The molecule has 0 saturated carbocycles. The van der Waals surface area contributed by atoms with Crippen molar-refractivity contribution in [2.24, 2.45) is 13.0 Å². The lowest BCUT2D eigenvalue weighted by molar-refractivity contribution is -0.133. The number of piperidine rings is 1. The quantitative estimate of drug-likeness (QED) is 0.431. The van der Waals surface area contributed by atoms with Crippen molar-refractivity contribution in [2.45, 2.75) is 19.3 Å². The predicted molar refractivity (Wildman–Crippen MR) is 153 cm³/mol. The molecule has 1 fully saturated rings. The third kappa shape index (κ3) is 6.11. The van der Waals surface area contributed by atoms with Crippen LogP contribution in [0.1, 0.15) is 24.1 Å². The summed E-state index contributed by atoms with van der Waals surface area (Å²) >= 11 is 6.53. The number of halogens is 1. The standard InChI is InChI=1S/C28H35ClN6O4/c1-17(30-2)16-39-24-14-20-11-18(13-23(38-6)25(20)34(5)27(24)37)12-22-21(29)15-31-28(32-22)35-9-7-19(8-10-35)26(36)33(3)4/h11,13-15,19,30H,1,7-10,12,16H2,2-6H3. The van der Waals surface area contributed by atoms with Crippen LogP contribution in [-0.4, -0.2) is 73.3 Å². The van der Waals surface area contributed by atoms with Crippen LogP contribution >= 0.6 is 11.6 Å². The van der Waals surface area contributed by atoms with Crippen molar-refractivity contribution in [3.63, 3.8) is 0 Å². The average Bonchev–Trinajstić information content (AvgIpc) is 2.94. The molecule has 1 saturated heterocycles. The molecule has 2 aromatic heterocycles. The zero-order valence-electron chi connectivity index (χ0n) is 23.1. The van der Waals surface area contributed by atoms with Gasteiger partial charge in [-0.25, -0.2) is 9.97 Å². The highest BCUT2D eigenvalue weighted by Gasteiger charge is 2.27. The Hall–Kier alpha value is -3.79. The van der Waals surface area contributed by atoms with Gasteiger partial charge < -0.3 is 29.2 Å². The van der Waals surface area contributed by atoms with Crippen LogP contribution in [-0.2, 0) is 18.3 Å². The van der Waals surface area contributed by atoms with Crippen molar-refractivity contribution in [1.82, 2.24) is 24.8 Å². The Kier molecular flexibility index (Phi) is 8.64. The maximum Gasteiger partial charge on any atom is 0.293 e. The Morgan fingerprint density at radius 2 is 1.95 bits per heavy atom. The first-order valence-electron chi connectivity index (χ1n) is 12.8. The highest BCUT2D eigenvalue weighted by atomic mass is 35.5. The smallest absolute Gasteiger partial charge is 0.293 e. The normalized spacial score (nSPS) is 13.8. The number of nitrogens with zero attached hydrogens (tertiary/aromatic N) is 5. The van der Waals surface area contributed by atoms with Crippen molar-refractivity contribution in [3.8, 4) is 11.5 Å². The SMILES string of the molecule is C=C(COc1cc2cc(Cc3nc(N4CCC(C(=O)N(C)C)CC4)ncc3Cl)cc(OC)c2n(C)c1=O)NC. The molecule has 0 unspecified atom stereocenters. The van der Waals surface area contributed by atoms with Gasteiger partial charge in [0.15, 0.2) is 5.75 Å². The summed E-state index contributed by atoms with van der Waals surface area (Å²) in [5, 5.41) is 4.16. The lowest BCUT2D eigenvalue weighted by Crippen LogP contribution is -2.40. The first kappa shape index (κ1) is 28.2. The molecule has 1 amide bonds. The Labute approximate surface area is 233 Å². The van der Waals surface area contributed by atoms with Crippen LogP contribution in [0.2, 0.25) is 5.02 Å². The molecule has 1 N–H and O–H groups in total. The molecule has 10 nitrogen and oxygen atoms in total. The minimum absolute atomic E-state index is 0.0224. The van der Waals surface area contributed by atoms with E-state index in [1.165, 1.54) is 4.57 Å². The Morgan fingerprint density at radius 3 is 2.59 bits per heavy atom. The average molecular weight is 555 g/mol. The maximum absolute atomic E-state index is 12.9. The fourth-order valence-electron chi connectivity index (χ4n) is 4.78. The molecule has 11 heteroatoms. The molecule has 1 aliphatic rings. The number of likely N-dealkylation sites (N-methyl/N-ethyl adjacent to an activating group) is 1. The highest BCUT2D eigenvalue weighted by Crippen LogP contribution is 2.31. The molecule has 0 radical (unpaired) electrons. The molecular formula is C28H35ClN6O4. The molecule has 0 aliphatic carbocycles. The van der Waals surface area contributed by atoms with Crippen LogP contribution in [0.25, 0.3) is 10.9 Å². The van der Waals surface area contributed by atoms with Gasteiger partial charge in [-0.3, -0.25) is 9.59 Å². The minimum Gasteiger partial charge on any atom is -0.495 e. The maximum atomic E-state index is 12.9. The van der Waals surface area contributed by atoms with Gasteiger partial charge in [0.2, 0.25) is 11.9 Å². The zero-order valence-corrected chi connectivity index (χ0v) is 23.8. The van der Waals surface area contributed by atoms with Gasteiger partial charge in [-0.1, -0.05) is 18.2 Å². The third-order valence-corrected chi connectivity index (χ3v) is 7.34. The number of pyridine rings is 1. The summed E-state index contributed by atoms with van der Waals surface area (Å²) < 4.78 is 12.9. The van der Waals surface area contributed by atoms with E-state index < -0.39 is 0 Å². The molecule has 1 aromatic carbocycles. The number of aryl methyl sites for hydroxylation is 1. The number of aromatic nitrogens is 3. The van der Waals surface area contributed by atoms with E-state index in [0.29, 0.717) is 53.1 Å². The number of carbonyl (C=O) groups is 1. The molecule has 39 heavy (non-hydrogen) atoms. The number of methoxy groups -OCH3 is 1. The molecule has 208 valence electrons. The Balaban J connectivity index is 1.61. The van der Waals surface area contributed by atoms with E-state index in [1.807, 2.05) is 12.1 Å². The molecule has 3 aromatic rings. The third-order valence-electron chi connectivity index (χ3n) is 7.02. The van der Waals surface area contributed by atoms with Gasteiger partial charge in [0.05, 0.1) is 29.5 Å². The van der Waals surface area contributed by atoms with E-state index >= 15 is 0 Å². The van der Waals surface area contributed by atoms with Crippen LogP contribution in [0.15, 0.2) is 41.5 Å². The van der Waals surface area contributed by atoms with Gasteiger partial charge in [-0.15, -0.1) is 0 Å². The van der Waals surface area contributed by atoms with Gasteiger partial charge in [0.1, 0.15) is 12.4 Å². The second kappa shape index (κ2) is 11.9. The largest absolute Gasteiger partial charge is 0.495 e. The molecular weight excluding hydrogens is 520 g/mol. The van der Waals surface area contributed by atoms with Gasteiger partial charge in [0.25, 0.3) is 5.56 Å². The number of benzene rings is 1. The van der Waals surface area contributed by atoms with E-state index in [4.69, 9.17) is 26.1 Å². The molecule has 1 aliphatic heterocycles. The minimum atomic E-state index is -0.267. The molecule has 0 spiro atoms. The van der Waals surface area contributed by atoms with Crippen molar-refractivity contribution < 1.29 is 14.3 Å². The lowest BCUT2D eigenvalue weighted by Gasteiger charge is -2.32. The first-order valence-corrected chi connectivity index (χ1v) is 13.2. The number of hydrogen-bond acceptors (Lipinski definition) is 8. The number of ether oxygens (including phenoxy) is 2. The van der Waals surface area contributed by atoms with Crippen LogP contribution in [0.3, 0.4) is 0 Å². The highest BCUT2D eigenvalue weighted by molar-refractivity contribution is 6.31. The predicted octanol–water partition coefficient (Wildman–Crippen LogP) is 3.00. The summed E-state index contributed by atoms with van der Waals surface area (Å²) in [5.41, 5.74) is 2.64. The lowest BCUT2D eigenvalue weighted by atomic mass is 9.96. The van der Waals surface area contributed by atoms with Crippen LogP contribution in [0.4, 0.5) is 5.95 Å². The monoisotopic (exact) mass is 554 g/mol. The van der Waals surface area contributed by atoms with E-state index in [2.05, 4.69) is 21.8 Å². The summed E-state index contributed by atoms with van der Waals surface area (Å²) in [6.07, 6.45) is 3.57. The van der Waals surface area contributed by atoms with Crippen LogP contribution < -0.4 is 25.2 Å². The number of carbonyl (C=O) groups excluding carboxylic acids is 1. The number of rotatable bonds is 9. The molecule has 0 atom stereocenters. The first-order chi connectivity index (χ1) is 18.6. The summed E-state index contributed by atoms with van der Waals surface area (Å²) in [6.45, 7) is 5.42. The van der Waals surface area contributed by atoms with Crippen molar-refractivity contribution in [1.29, 1.82) is 0 Å². The summed E-state index contributed by atoms with van der Waals surface area (Å²) in [5.74, 6) is 1.57. The van der Waals surface area contributed by atoms with Gasteiger partial charge in [-0.2, -0.15) is 0 Å². The number of fused-ring (bicyclic) bond motifs is 1. The van der Waals surface area contributed by atoms with E-state index in [0.717, 1.165) is 23.8 Å². The van der Waals surface area contributed by atoms with Gasteiger partial charge in [0, 0.05) is 64.7 Å². The van der Waals surface area contributed by atoms with Gasteiger partial charge in [-0.05, 0) is 36.6 Å². The van der Waals surface area contributed by atoms with Crippen molar-refractivity contribution in [3.05, 3.63) is 63.3 Å². The van der Waals surface area contributed by atoms with Crippen molar-refractivity contribution >= 4 is 34.4 Å². The number of nitrogens with one attached hydrogen (secondary N) is 1. The second-order valence-electron chi connectivity index (χ2n) is 9.89. The zero-order chi connectivity index (χ0) is 28.3. The Bertz CT molecular complexity index is 1450. The molecule has 4 rings (SSSR count). The van der Waals surface area contributed by atoms with Crippen LogP contribution in [0, 0.1) is 5.92 Å². The van der Waals surface area contributed by atoms with Crippen LogP contribution in [0.5, 0.6) is 11.5 Å². The topological polar surface area (TPSA) is 102 Å². The van der Waals surface area contributed by atoms with E-state index in [-0.39, 0.29) is 29.7 Å². The molecule has 3 heterocycles. The van der Waals surface area contributed by atoms with Crippen molar-refractivity contribution in [2.75, 3.05) is 52.8 Å². The van der Waals surface area contributed by atoms with Gasteiger partial charge >= 0.3 is 0 Å². The summed E-state index contributed by atoms with van der Waals surface area (Å²) in [4.78, 5) is 38.3. The summed E-state index contributed by atoms with van der Waals surface area (Å²) in [6, 6.07) is 5.59. The fraction of sp³-hybridized carbons (Fsp3) is 0.429. The summed E-state index contributed by atoms with van der Waals surface area (Å²) in [7, 11) is 8.60. The fourth-order valence-corrected chi connectivity index (χ4v) is 4.94. The number of amides is 1. The van der Waals surface area contributed by atoms with E-state index in [9.17, 15) is 9.59 Å². The van der Waals surface area contributed by atoms with E-state index in [1.54, 1.807) is 52.5 Å². The number of anilines is 1. The number of hydrogen-bond donors (Lipinski definition) is 1. The second-order valence-corrected chi connectivity index (χ2v) is 10.3. The Morgan fingerprint density at radius 1 is 1.23 bits per heavy atom.